The van der Waals surface area contributed by atoms with Crippen LogP contribution in [0.15, 0.2) is 91.4 Å². The van der Waals surface area contributed by atoms with E-state index in [4.69, 9.17) is 0 Å². The average molecular weight is 433 g/mol. The minimum Gasteiger partial charge on any atom is -0.358 e. The summed E-state index contributed by atoms with van der Waals surface area (Å²) in [4.78, 5) is 28.2. The summed E-state index contributed by atoms with van der Waals surface area (Å²) in [6, 6.07) is 25.3. The summed E-state index contributed by atoms with van der Waals surface area (Å²) in [6.45, 7) is 1.95. The van der Waals surface area contributed by atoms with Crippen molar-refractivity contribution in [3.63, 3.8) is 0 Å². The summed E-state index contributed by atoms with van der Waals surface area (Å²) < 4.78 is 1.43. The molecular weight excluding hydrogens is 414 g/mol. The highest BCUT2D eigenvalue weighted by molar-refractivity contribution is 6.29. The highest BCUT2D eigenvalue weighted by Crippen LogP contribution is 2.32. The Balaban J connectivity index is 1.80. The number of rotatable bonds is 5. The summed E-state index contributed by atoms with van der Waals surface area (Å²) in [7, 11) is 0. The van der Waals surface area contributed by atoms with E-state index < -0.39 is 4.92 Å². The zero-order valence-electron chi connectivity index (χ0n) is 17.8. The second kappa shape index (κ2) is 8.16. The van der Waals surface area contributed by atoms with Gasteiger partial charge in [-0.2, -0.15) is 0 Å². The van der Waals surface area contributed by atoms with Crippen LogP contribution in [0.5, 0.6) is 0 Å². The fraction of sp³-hybridized carbons (Fsp3) is 0.0370. The number of fused-ring (bicyclic) bond motifs is 2. The second-order valence-corrected chi connectivity index (χ2v) is 7.85. The molecule has 0 N–H and O–H groups in total. The molecule has 6 nitrogen and oxygen atoms in total. The standard InChI is InChI=1S/C27H19N3O3/c1-18-10-12-19(13-11-18)27(31)25(29-16-26(28-17-29)30(32)33)15-24-22-8-4-2-6-20(22)14-21-7-3-5-9-23(21)24/h2-17H,1H3/b25-15-. The molecule has 0 aliphatic carbocycles. The molecule has 160 valence electrons. The fourth-order valence-corrected chi connectivity index (χ4v) is 3.99. The molecule has 0 amide bonds. The van der Waals surface area contributed by atoms with E-state index in [1.807, 2.05) is 67.6 Å². The summed E-state index contributed by atoms with van der Waals surface area (Å²) in [5, 5.41) is 15.3. The van der Waals surface area contributed by atoms with Gasteiger partial charge in [0.2, 0.25) is 12.1 Å². The third-order valence-corrected chi connectivity index (χ3v) is 5.67. The van der Waals surface area contributed by atoms with Crippen LogP contribution in [-0.2, 0) is 0 Å². The summed E-state index contributed by atoms with van der Waals surface area (Å²) >= 11 is 0. The molecule has 0 atom stereocenters. The van der Waals surface area contributed by atoms with Gasteiger partial charge in [-0.25, -0.2) is 0 Å². The SMILES string of the molecule is Cc1ccc(C(=O)/C(=C/c2c3ccccc3cc3ccccc23)n2cnc([N+](=O)[O-])c2)cc1. The van der Waals surface area contributed by atoms with Crippen LogP contribution in [0.4, 0.5) is 5.82 Å². The van der Waals surface area contributed by atoms with Gasteiger partial charge < -0.3 is 10.1 Å². The molecule has 1 heterocycles. The largest absolute Gasteiger partial charge is 0.381 e. The van der Waals surface area contributed by atoms with Crippen molar-refractivity contribution in [1.29, 1.82) is 0 Å². The lowest BCUT2D eigenvalue weighted by Gasteiger charge is -2.12. The van der Waals surface area contributed by atoms with Crippen LogP contribution < -0.4 is 0 Å². The molecular formula is C27H19N3O3. The van der Waals surface area contributed by atoms with Crippen LogP contribution in [0.2, 0.25) is 0 Å². The number of aryl methyl sites for hydroxylation is 1. The molecule has 4 aromatic carbocycles. The lowest BCUT2D eigenvalue weighted by atomic mass is 9.95. The van der Waals surface area contributed by atoms with Crippen LogP contribution in [0.1, 0.15) is 21.5 Å². The lowest BCUT2D eigenvalue weighted by Crippen LogP contribution is -2.08. The first-order chi connectivity index (χ1) is 16.0. The molecule has 0 radical (unpaired) electrons. The van der Waals surface area contributed by atoms with Gasteiger partial charge in [-0.15, -0.1) is 0 Å². The van der Waals surface area contributed by atoms with E-state index in [-0.39, 0.29) is 17.3 Å². The lowest BCUT2D eigenvalue weighted by molar-refractivity contribution is -0.389. The fourth-order valence-electron chi connectivity index (χ4n) is 3.99. The molecule has 0 saturated carbocycles. The van der Waals surface area contributed by atoms with Gasteiger partial charge in [-0.3, -0.25) is 9.36 Å². The van der Waals surface area contributed by atoms with E-state index in [1.54, 1.807) is 18.2 Å². The van der Waals surface area contributed by atoms with E-state index in [0.717, 1.165) is 32.7 Å². The Morgan fingerprint density at radius 2 is 1.55 bits per heavy atom. The Bertz CT molecular complexity index is 1510. The number of hydrogen-bond donors (Lipinski definition) is 0. The van der Waals surface area contributed by atoms with Gasteiger partial charge in [-0.05, 0) is 56.1 Å². The molecule has 1 aromatic heterocycles. The normalized spacial score (nSPS) is 11.7. The summed E-state index contributed by atoms with van der Waals surface area (Å²) in [6.07, 6.45) is 4.38. The monoisotopic (exact) mass is 433 g/mol. The molecule has 5 aromatic rings. The van der Waals surface area contributed by atoms with Crippen molar-refractivity contribution in [3.05, 3.63) is 118 Å². The average Bonchev–Trinajstić information content (AvgIpc) is 3.32. The number of carbonyl (C=O) groups excluding carboxylic acids is 1. The maximum absolute atomic E-state index is 13.6. The number of benzene rings is 4. The maximum Gasteiger partial charge on any atom is 0.381 e. The van der Waals surface area contributed by atoms with E-state index >= 15 is 0 Å². The number of imidazole rings is 1. The predicted molar refractivity (Wildman–Crippen MR) is 130 cm³/mol. The number of nitro groups is 1. The van der Waals surface area contributed by atoms with Crippen LogP contribution in [-0.4, -0.2) is 20.3 Å². The molecule has 0 spiro atoms. The Labute approximate surface area is 189 Å². The quantitative estimate of drug-likeness (QED) is 0.107. The number of nitrogens with zero attached hydrogens (tertiary/aromatic N) is 3. The third-order valence-electron chi connectivity index (χ3n) is 5.67. The van der Waals surface area contributed by atoms with Crippen LogP contribution in [0, 0.1) is 17.0 Å². The topological polar surface area (TPSA) is 78.0 Å². The van der Waals surface area contributed by atoms with Crippen molar-refractivity contribution in [3.8, 4) is 0 Å². The van der Waals surface area contributed by atoms with Gasteiger partial charge in [0, 0.05) is 5.56 Å². The number of carbonyl (C=O) groups is 1. The minimum absolute atomic E-state index is 0.251. The van der Waals surface area contributed by atoms with Gasteiger partial charge in [-0.1, -0.05) is 78.4 Å². The zero-order chi connectivity index (χ0) is 22.9. The van der Waals surface area contributed by atoms with Gasteiger partial charge >= 0.3 is 5.82 Å². The number of Topliss-reactive ketones (excluding diaryl/α,β-unsaturated/α-hetero) is 1. The molecule has 0 fully saturated rings. The summed E-state index contributed by atoms with van der Waals surface area (Å²) in [5.41, 5.74) is 2.68. The van der Waals surface area contributed by atoms with Gasteiger partial charge in [0.15, 0.2) is 0 Å². The second-order valence-electron chi connectivity index (χ2n) is 7.85. The van der Waals surface area contributed by atoms with E-state index in [1.165, 1.54) is 17.1 Å². The van der Waals surface area contributed by atoms with E-state index in [0.29, 0.717) is 5.56 Å². The molecule has 0 aliphatic heterocycles. The minimum atomic E-state index is -0.572. The Morgan fingerprint density at radius 3 is 2.12 bits per heavy atom. The molecule has 6 heteroatoms. The van der Waals surface area contributed by atoms with Crippen LogP contribution in [0.25, 0.3) is 33.3 Å². The number of ketones is 1. The van der Waals surface area contributed by atoms with Crippen LogP contribution in [0.3, 0.4) is 0 Å². The first-order valence-corrected chi connectivity index (χ1v) is 10.4. The first-order valence-electron chi connectivity index (χ1n) is 10.4. The van der Waals surface area contributed by atoms with Gasteiger partial charge in [0.05, 0.1) is 5.70 Å². The highest BCUT2D eigenvalue weighted by atomic mass is 16.6. The van der Waals surface area contributed by atoms with E-state index in [2.05, 4.69) is 11.1 Å². The van der Waals surface area contributed by atoms with Crippen molar-refractivity contribution in [1.82, 2.24) is 9.55 Å². The molecule has 0 aliphatic rings. The number of aromatic nitrogens is 2. The Kier molecular flexibility index (Phi) is 5.03. The molecule has 0 saturated heterocycles. The summed E-state index contributed by atoms with van der Waals surface area (Å²) in [5.74, 6) is -0.570. The van der Waals surface area contributed by atoms with Crippen molar-refractivity contribution in [2.45, 2.75) is 6.92 Å². The van der Waals surface area contributed by atoms with Gasteiger partial charge in [0.25, 0.3) is 0 Å². The Hall–Kier alpha value is -4.58. The molecule has 33 heavy (non-hydrogen) atoms. The maximum atomic E-state index is 13.6. The number of hydrogen-bond acceptors (Lipinski definition) is 4. The van der Waals surface area contributed by atoms with Crippen molar-refractivity contribution < 1.29 is 9.72 Å². The first kappa shape index (κ1) is 20.3. The molecule has 0 bridgehead atoms. The third kappa shape index (κ3) is 3.78. The highest BCUT2D eigenvalue weighted by Gasteiger charge is 2.20. The number of allylic oxidation sites excluding steroid dienone is 1. The van der Waals surface area contributed by atoms with Crippen LogP contribution >= 0.6 is 0 Å². The zero-order valence-corrected chi connectivity index (χ0v) is 17.8. The van der Waals surface area contributed by atoms with Crippen molar-refractivity contribution in [2.75, 3.05) is 0 Å². The molecule has 5 rings (SSSR count). The van der Waals surface area contributed by atoms with Crippen molar-refractivity contribution in [2.24, 2.45) is 0 Å². The van der Waals surface area contributed by atoms with Gasteiger partial charge in [0.1, 0.15) is 6.20 Å². The predicted octanol–water partition coefficient (Wildman–Crippen LogP) is 6.29. The molecule has 0 unspecified atom stereocenters. The van der Waals surface area contributed by atoms with E-state index in [9.17, 15) is 14.9 Å². The smallest absolute Gasteiger partial charge is 0.358 e. The Morgan fingerprint density at radius 1 is 0.939 bits per heavy atom. The van der Waals surface area contributed by atoms with Crippen molar-refractivity contribution >= 4 is 44.9 Å².